The molecule has 0 radical (unpaired) electrons. The van der Waals surface area contributed by atoms with Gasteiger partial charge in [0.05, 0.1) is 17.7 Å². The van der Waals surface area contributed by atoms with Gasteiger partial charge in [-0.1, -0.05) is 26.1 Å². The van der Waals surface area contributed by atoms with Crippen LogP contribution in [0.2, 0.25) is 0 Å². The molecule has 1 amide bonds. The number of benzene rings is 1. The lowest BCUT2D eigenvalue weighted by Gasteiger charge is -2.25. The van der Waals surface area contributed by atoms with Crippen molar-refractivity contribution in [3.63, 3.8) is 0 Å². The third-order valence-electron chi connectivity index (χ3n) is 2.93. The number of nitrogens with zero attached hydrogens (tertiary/aromatic N) is 1. The van der Waals surface area contributed by atoms with E-state index < -0.39 is 0 Å². The van der Waals surface area contributed by atoms with Gasteiger partial charge in [-0.3, -0.25) is 4.79 Å². The fraction of sp³-hybridized carbons (Fsp3) is 0.467. The fourth-order valence-electron chi connectivity index (χ4n) is 1.95. The largest absolute Gasteiger partial charge is 0.507 e. The van der Waals surface area contributed by atoms with Crippen molar-refractivity contribution < 1.29 is 14.6 Å². The van der Waals surface area contributed by atoms with Gasteiger partial charge in [-0.05, 0) is 24.1 Å². The van der Waals surface area contributed by atoms with E-state index in [1.807, 2.05) is 13.8 Å². The van der Waals surface area contributed by atoms with Crippen LogP contribution >= 0.6 is 12.2 Å². The maximum atomic E-state index is 12.6. The monoisotopic (exact) mass is 310 g/mol. The van der Waals surface area contributed by atoms with Crippen LogP contribution < -0.4 is 10.5 Å². The number of hydrogen-bond acceptors (Lipinski definition) is 4. The van der Waals surface area contributed by atoms with Gasteiger partial charge in [0.2, 0.25) is 0 Å². The topological polar surface area (TPSA) is 75.8 Å². The summed E-state index contributed by atoms with van der Waals surface area (Å²) in [6.07, 6.45) is 0.457. The van der Waals surface area contributed by atoms with Crippen LogP contribution in [-0.4, -0.2) is 41.1 Å². The molecule has 0 heterocycles. The van der Waals surface area contributed by atoms with E-state index in [-0.39, 0.29) is 17.2 Å². The summed E-state index contributed by atoms with van der Waals surface area (Å²) in [6, 6.07) is 4.59. The number of aromatic hydroxyl groups is 1. The molecule has 0 unspecified atom stereocenters. The van der Waals surface area contributed by atoms with E-state index >= 15 is 0 Å². The Morgan fingerprint density at radius 1 is 1.48 bits per heavy atom. The Morgan fingerprint density at radius 2 is 2.14 bits per heavy atom. The lowest BCUT2D eigenvalue weighted by molar-refractivity contribution is 0.0737. The Bertz CT molecular complexity index is 518. The molecular formula is C15H22N2O3S. The summed E-state index contributed by atoms with van der Waals surface area (Å²) in [5.41, 5.74) is 5.73. The Labute approximate surface area is 130 Å². The summed E-state index contributed by atoms with van der Waals surface area (Å²) in [5.74, 6) is 0.504. The van der Waals surface area contributed by atoms with Crippen molar-refractivity contribution in [2.45, 2.75) is 20.3 Å². The smallest absolute Gasteiger partial charge is 0.257 e. The highest BCUT2D eigenvalue weighted by atomic mass is 32.1. The molecule has 0 saturated carbocycles. The van der Waals surface area contributed by atoms with Crippen LogP contribution in [0.3, 0.4) is 0 Å². The summed E-state index contributed by atoms with van der Waals surface area (Å²) < 4.78 is 5.10. The molecule has 0 spiro atoms. The molecule has 5 nitrogen and oxygen atoms in total. The van der Waals surface area contributed by atoms with Gasteiger partial charge >= 0.3 is 0 Å². The first-order valence-corrected chi connectivity index (χ1v) is 7.20. The molecule has 0 aliphatic rings. The first-order valence-electron chi connectivity index (χ1n) is 6.79. The van der Waals surface area contributed by atoms with Crippen LogP contribution in [0.15, 0.2) is 18.2 Å². The number of hydrogen-bond donors (Lipinski definition) is 2. The SMILES string of the molecule is COc1ccc(O)c(C(=O)N(CCC(N)=S)CC(C)C)c1. The van der Waals surface area contributed by atoms with E-state index in [0.717, 1.165) is 0 Å². The Hall–Kier alpha value is -1.82. The van der Waals surface area contributed by atoms with Crippen LogP contribution in [0.1, 0.15) is 30.6 Å². The molecule has 0 bridgehead atoms. The van der Waals surface area contributed by atoms with Crippen LogP contribution in [0.4, 0.5) is 0 Å². The summed E-state index contributed by atoms with van der Waals surface area (Å²) in [6.45, 7) is 5.04. The summed E-state index contributed by atoms with van der Waals surface area (Å²) >= 11 is 4.87. The van der Waals surface area contributed by atoms with E-state index in [1.54, 1.807) is 11.0 Å². The maximum absolute atomic E-state index is 12.6. The zero-order valence-corrected chi connectivity index (χ0v) is 13.4. The standard InChI is InChI=1S/C15H22N2O3S/c1-10(2)9-17(7-6-14(16)21)15(19)12-8-11(20-3)4-5-13(12)18/h4-5,8,10,18H,6-7,9H2,1-3H3,(H2,16,21). The highest BCUT2D eigenvalue weighted by molar-refractivity contribution is 7.80. The minimum atomic E-state index is -0.253. The van der Waals surface area contributed by atoms with E-state index in [2.05, 4.69) is 0 Å². The maximum Gasteiger partial charge on any atom is 0.257 e. The molecule has 0 fully saturated rings. The number of phenols is 1. The van der Waals surface area contributed by atoms with Gasteiger partial charge in [0.15, 0.2) is 0 Å². The second-order valence-electron chi connectivity index (χ2n) is 5.24. The highest BCUT2D eigenvalue weighted by Crippen LogP contribution is 2.24. The van der Waals surface area contributed by atoms with Crippen molar-refractivity contribution >= 4 is 23.1 Å². The predicted molar refractivity (Wildman–Crippen MR) is 86.8 cm³/mol. The molecule has 1 aromatic carbocycles. The number of carbonyl (C=O) groups is 1. The molecular weight excluding hydrogens is 288 g/mol. The third kappa shape index (κ3) is 5.23. The average molecular weight is 310 g/mol. The van der Waals surface area contributed by atoms with Crippen molar-refractivity contribution in [3.8, 4) is 11.5 Å². The van der Waals surface area contributed by atoms with Crippen LogP contribution in [0.5, 0.6) is 11.5 Å². The molecule has 21 heavy (non-hydrogen) atoms. The first kappa shape index (κ1) is 17.2. The summed E-state index contributed by atoms with van der Waals surface area (Å²) in [4.78, 5) is 14.6. The molecule has 6 heteroatoms. The van der Waals surface area contributed by atoms with Crippen LogP contribution in [0, 0.1) is 5.92 Å². The first-order chi connectivity index (χ1) is 9.85. The van der Waals surface area contributed by atoms with Crippen LogP contribution in [0.25, 0.3) is 0 Å². The number of phenolic OH excluding ortho intramolecular Hbond substituents is 1. The molecule has 0 aromatic heterocycles. The fourth-order valence-corrected chi connectivity index (χ4v) is 2.04. The number of amides is 1. The van der Waals surface area contributed by atoms with Gasteiger partial charge < -0.3 is 20.5 Å². The van der Waals surface area contributed by atoms with Crippen molar-refractivity contribution in [2.75, 3.05) is 20.2 Å². The Kier molecular flexibility index (Phi) is 6.42. The number of carbonyl (C=O) groups excluding carboxylic acids is 1. The lowest BCUT2D eigenvalue weighted by atomic mass is 10.1. The van der Waals surface area contributed by atoms with Crippen LogP contribution in [-0.2, 0) is 0 Å². The minimum Gasteiger partial charge on any atom is -0.507 e. The van der Waals surface area contributed by atoms with Gasteiger partial charge in [0, 0.05) is 19.5 Å². The summed E-state index contributed by atoms with van der Waals surface area (Å²) in [5, 5.41) is 9.91. The molecule has 1 aromatic rings. The zero-order valence-electron chi connectivity index (χ0n) is 12.6. The number of thiocarbonyl (C=S) groups is 1. The normalized spacial score (nSPS) is 10.5. The molecule has 0 saturated heterocycles. The Balaban J connectivity index is 3.00. The zero-order chi connectivity index (χ0) is 16.0. The molecule has 1 rings (SSSR count). The van der Waals surface area contributed by atoms with Crippen molar-refractivity contribution in [1.82, 2.24) is 4.90 Å². The number of nitrogens with two attached hydrogens (primary N) is 1. The van der Waals surface area contributed by atoms with E-state index in [4.69, 9.17) is 22.7 Å². The second-order valence-corrected chi connectivity index (χ2v) is 5.77. The number of ether oxygens (including phenoxy) is 1. The van der Waals surface area contributed by atoms with E-state index in [1.165, 1.54) is 19.2 Å². The van der Waals surface area contributed by atoms with Gasteiger partial charge in [-0.25, -0.2) is 0 Å². The number of methoxy groups -OCH3 is 1. The number of rotatable bonds is 7. The predicted octanol–water partition coefficient (Wildman–Crippen LogP) is 2.18. The van der Waals surface area contributed by atoms with Gasteiger partial charge in [0.1, 0.15) is 11.5 Å². The highest BCUT2D eigenvalue weighted by Gasteiger charge is 2.20. The molecule has 0 atom stereocenters. The summed E-state index contributed by atoms with van der Waals surface area (Å²) in [7, 11) is 1.51. The second kappa shape index (κ2) is 7.83. The average Bonchev–Trinajstić information content (AvgIpc) is 2.42. The third-order valence-corrected chi connectivity index (χ3v) is 3.14. The van der Waals surface area contributed by atoms with Crippen molar-refractivity contribution in [3.05, 3.63) is 23.8 Å². The van der Waals surface area contributed by atoms with Crippen molar-refractivity contribution in [1.29, 1.82) is 0 Å². The van der Waals surface area contributed by atoms with Gasteiger partial charge in [0.25, 0.3) is 5.91 Å². The molecule has 3 N–H and O–H groups in total. The molecule has 0 aliphatic heterocycles. The molecule has 0 aliphatic carbocycles. The molecule has 116 valence electrons. The van der Waals surface area contributed by atoms with E-state index in [0.29, 0.717) is 36.2 Å². The minimum absolute atomic E-state index is 0.0649. The lowest BCUT2D eigenvalue weighted by Crippen LogP contribution is -2.36. The quantitative estimate of drug-likeness (QED) is 0.755. The van der Waals surface area contributed by atoms with Gasteiger partial charge in [-0.2, -0.15) is 0 Å². The van der Waals surface area contributed by atoms with E-state index in [9.17, 15) is 9.90 Å². The Morgan fingerprint density at radius 3 is 2.67 bits per heavy atom. The van der Waals surface area contributed by atoms with Crippen molar-refractivity contribution in [2.24, 2.45) is 11.7 Å². The van der Waals surface area contributed by atoms with Gasteiger partial charge in [-0.15, -0.1) is 0 Å².